The summed E-state index contributed by atoms with van der Waals surface area (Å²) in [5.41, 5.74) is -2.15. The Kier molecular flexibility index (Phi) is 5.49. The van der Waals surface area contributed by atoms with Gasteiger partial charge in [-0.05, 0) is 18.1 Å². The van der Waals surface area contributed by atoms with Crippen LogP contribution in [0, 0.1) is 16.0 Å². The maximum absolute atomic E-state index is 12.7. The summed E-state index contributed by atoms with van der Waals surface area (Å²) in [6.07, 6.45) is -4.74. The van der Waals surface area contributed by atoms with Crippen molar-refractivity contribution in [3.05, 3.63) is 33.9 Å². The topological polar surface area (TPSA) is 43.1 Å². The Morgan fingerprint density at radius 3 is 2.58 bits per heavy atom. The van der Waals surface area contributed by atoms with Gasteiger partial charge in [-0.25, -0.2) is 0 Å². The van der Waals surface area contributed by atoms with Crippen LogP contribution in [-0.2, 0) is 6.18 Å². The van der Waals surface area contributed by atoms with Crippen molar-refractivity contribution >= 4 is 29.1 Å². The molecular weight excluding hydrogens is 303 g/mol. The smallest absolute Gasteiger partial charge is 0.258 e. The van der Waals surface area contributed by atoms with E-state index in [0.29, 0.717) is 16.5 Å². The molecule has 0 saturated heterocycles. The molecular formula is C11H11ClF3NO2S. The summed E-state index contributed by atoms with van der Waals surface area (Å²) < 4.78 is 38.2. The maximum atomic E-state index is 12.7. The normalized spacial score (nSPS) is 13.3. The molecule has 8 heteroatoms. The summed E-state index contributed by atoms with van der Waals surface area (Å²) in [5, 5.41) is 10.6. The van der Waals surface area contributed by atoms with Crippen molar-refractivity contribution in [2.75, 3.05) is 11.6 Å². The second-order valence-electron chi connectivity index (χ2n) is 4.00. The number of thioether (sulfide) groups is 1. The molecule has 0 aliphatic carbocycles. The van der Waals surface area contributed by atoms with Gasteiger partial charge in [0.2, 0.25) is 0 Å². The van der Waals surface area contributed by atoms with Gasteiger partial charge in [-0.1, -0.05) is 6.92 Å². The van der Waals surface area contributed by atoms with E-state index in [0.717, 1.165) is 12.1 Å². The van der Waals surface area contributed by atoms with E-state index >= 15 is 0 Å². The fourth-order valence-corrected chi connectivity index (χ4v) is 2.47. The predicted molar refractivity (Wildman–Crippen MR) is 68.7 cm³/mol. The molecule has 1 unspecified atom stereocenters. The largest absolute Gasteiger partial charge is 0.423 e. The van der Waals surface area contributed by atoms with Gasteiger partial charge in [-0.3, -0.25) is 10.1 Å². The van der Waals surface area contributed by atoms with Gasteiger partial charge in [0.1, 0.15) is 5.56 Å². The van der Waals surface area contributed by atoms with Crippen molar-refractivity contribution in [1.82, 2.24) is 0 Å². The average Bonchev–Trinajstić information content (AvgIpc) is 2.34. The molecule has 0 bridgehead atoms. The lowest BCUT2D eigenvalue weighted by Crippen LogP contribution is -2.09. The third-order valence-corrected chi connectivity index (χ3v) is 4.12. The van der Waals surface area contributed by atoms with Crippen molar-refractivity contribution in [2.45, 2.75) is 18.0 Å². The number of alkyl halides is 4. The fraction of sp³-hybridized carbons (Fsp3) is 0.455. The second kappa shape index (κ2) is 6.47. The molecule has 0 N–H and O–H groups in total. The van der Waals surface area contributed by atoms with Crippen molar-refractivity contribution in [3.63, 3.8) is 0 Å². The van der Waals surface area contributed by atoms with Gasteiger partial charge in [0.05, 0.1) is 4.92 Å². The van der Waals surface area contributed by atoms with Crippen molar-refractivity contribution in [2.24, 2.45) is 5.92 Å². The highest BCUT2D eigenvalue weighted by atomic mass is 35.5. The van der Waals surface area contributed by atoms with Gasteiger partial charge < -0.3 is 0 Å². The second-order valence-corrected chi connectivity index (χ2v) is 5.41. The summed E-state index contributed by atoms with van der Waals surface area (Å²) >= 11 is 6.80. The molecule has 1 aromatic carbocycles. The molecule has 0 aliphatic heterocycles. The summed E-state index contributed by atoms with van der Waals surface area (Å²) in [7, 11) is 0. The van der Waals surface area contributed by atoms with Crippen LogP contribution in [0.5, 0.6) is 0 Å². The number of hydrogen-bond donors (Lipinski definition) is 0. The molecule has 0 fully saturated rings. The molecule has 0 amide bonds. The first-order valence-electron chi connectivity index (χ1n) is 5.30. The first-order valence-corrected chi connectivity index (χ1v) is 6.82. The van der Waals surface area contributed by atoms with Crippen molar-refractivity contribution < 1.29 is 18.1 Å². The standard InChI is InChI=1S/C11H11ClF3NO2S/c1-7(5-12)6-19-8-2-3-10(16(17)18)9(4-8)11(13,14)15/h2-4,7H,5-6H2,1H3. The van der Waals surface area contributed by atoms with Crippen LogP contribution in [0.3, 0.4) is 0 Å². The Labute approximate surface area is 117 Å². The molecule has 0 saturated carbocycles. The summed E-state index contributed by atoms with van der Waals surface area (Å²) in [6, 6.07) is 3.01. The van der Waals surface area contributed by atoms with Gasteiger partial charge in [0.25, 0.3) is 5.69 Å². The van der Waals surface area contributed by atoms with Crippen LogP contribution in [0.25, 0.3) is 0 Å². The number of nitrogens with zero attached hydrogens (tertiary/aromatic N) is 1. The predicted octanol–water partition coefficient (Wildman–Crippen LogP) is 4.58. The van der Waals surface area contributed by atoms with Crippen LogP contribution in [0.4, 0.5) is 18.9 Å². The molecule has 19 heavy (non-hydrogen) atoms. The summed E-state index contributed by atoms with van der Waals surface area (Å²) in [6.45, 7) is 1.87. The molecule has 3 nitrogen and oxygen atoms in total. The Bertz CT molecular complexity index is 468. The highest BCUT2D eigenvalue weighted by Crippen LogP contribution is 2.38. The molecule has 0 spiro atoms. The molecule has 0 aromatic heterocycles. The zero-order chi connectivity index (χ0) is 14.6. The molecule has 1 aromatic rings. The van der Waals surface area contributed by atoms with Crippen LogP contribution >= 0.6 is 23.4 Å². The van der Waals surface area contributed by atoms with E-state index in [1.807, 2.05) is 6.92 Å². The number of nitro groups is 1. The number of rotatable bonds is 5. The van der Waals surface area contributed by atoms with Gasteiger partial charge in [-0.15, -0.1) is 23.4 Å². The molecule has 0 radical (unpaired) electrons. The fourth-order valence-electron chi connectivity index (χ4n) is 1.27. The van der Waals surface area contributed by atoms with Gasteiger partial charge in [0.15, 0.2) is 0 Å². The van der Waals surface area contributed by atoms with E-state index in [1.165, 1.54) is 17.8 Å². The minimum Gasteiger partial charge on any atom is -0.258 e. The lowest BCUT2D eigenvalue weighted by molar-refractivity contribution is -0.388. The molecule has 1 atom stereocenters. The van der Waals surface area contributed by atoms with Crippen LogP contribution in [-0.4, -0.2) is 16.6 Å². The van der Waals surface area contributed by atoms with Gasteiger partial charge in [-0.2, -0.15) is 13.2 Å². The monoisotopic (exact) mass is 313 g/mol. The Balaban J connectivity index is 3.02. The number of hydrogen-bond acceptors (Lipinski definition) is 3. The van der Waals surface area contributed by atoms with E-state index < -0.39 is 22.4 Å². The Morgan fingerprint density at radius 2 is 2.11 bits per heavy atom. The highest BCUT2D eigenvalue weighted by molar-refractivity contribution is 7.99. The van der Waals surface area contributed by atoms with Crippen LogP contribution in [0.2, 0.25) is 0 Å². The highest BCUT2D eigenvalue weighted by Gasteiger charge is 2.38. The first-order chi connectivity index (χ1) is 8.75. The number of benzene rings is 1. The van der Waals surface area contributed by atoms with Crippen LogP contribution in [0.1, 0.15) is 12.5 Å². The average molecular weight is 314 g/mol. The van der Waals surface area contributed by atoms with Crippen LogP contribution < -0.4 is 0 Å². The first kappa shape index (κ1) is 16.1. The van der Waals surface area contributed by atoms with E-state index in [-0.39, 0.29) is 5.92 Å². The van der Waals surface area contributed by atoms with E-state index in [2.05, 4.69) is 0 Å². The van der Waals surface area contributed by atoms with Crippen LogP contribution in [0.15, 0.2) is 23.1 Å². The Hall–Kier alpha value is -0.950. The minimum absolute atomic E-state index is 0.149. The van der Waals surface area contributed by atoms with E-state index in [4.69, 9.17) is 11.6 Å². The molecule has 0 aliphatic rings. The zero-order valence-corrected chi connectivity index (χ0v) is 11.5. The van der Waals surface area contributed by atoms with Crippen molar-refractivity contribution in [1.29, 1.82) is 0 Å². The quantitative estimate of drug-likeness (QED) is 0.346. The van der Waals surface area contributed by atoms with Gasteiger partial charge in [0, 0.05) is 22.6 Å². The van der Waals surface area contributed by atoms with E-state index in [9.17, 15) is 23.3 Å². The zero-order valence-electron chi connectivity index (χ0n) is 9.91. The number of halogens is 4. The lowest BCUT2D eigenvalue weighted by atomic mass is 10.2. The summed E-state index contributed by atoms with van der Waals surface area (Å²) in [5.74, 6) is 1.11. The number of nitro benzene ring substituents is 1. The molecule has 0 heterocycles. The Morgan fingerprint density at radius 1 is 1.47 bits per heavy atom. The molecule has 1 rings (SSSR count). The third kappa shape index (κ3) is 4.58. The van der Waals surface area contributed by atoms with Crippen molar-refractivity contribution in [3.8, 4) is 0 Å². The maximum Gasteiger partial charge on any atom is 0.423 e. The third-order valence-electron chi connectivity index (χ3n) is 2.27. The SMILES string of the molecule is CC(CCl)CSc1ccc([N+](=O)[O-])c(C(F)(F)F)c1. The van der Waals surface area contributed by atoms with Gasteiger partial charge >= 0.3 is 6.18 Å². The molecule has 106 valence electrons. The lowest BCUT2D eigenvalue weighted by Gasteiger charge is -2.10. The van der Waals surface area contributed by atoms with E-state index in [1.54, 1.807) is 0 Å². The minimum atomic E-state index is -4.74. The summed E-state index contributed by atoms with van der Waals surface area (Å²) in [4.78, 5) is 9.89.